The number of likely N-dealkylation sites (tertiary alicyclic amines) is 1. The number of rotatable bonds is 5. The molecule has 0 N–H and O–H groups in total. The first kappa shape index (κ1) is 21.9. The molecule has 31 heavy (non-hydrogen) atoms. The van der Waals surface area contributed by atoms with Crippen molar-refractivity contribution >= 4 is 5.91 Å². The zero-order valence-corrected chi connectivity index (χ0v) is 18.4. The Kier molecular flexibility index (Phi) is 6.39. The van der Waals surface area contributed by atoms with Crippen LogP contribution in [0.25, 0.3) is 0 Å². The molecule has 166 valence electrons. The lowest BCUT2D eigenvalue weighted by Gasteiger charge is -2.43. The van der Waals surface area contributed by atoms with Gasteiger partial charge < -0.3 is 4.90 Å². The van der Waals surface area contributed by atoms with Crippen molar-refractivity contribution in [1.29, 1.82) is 0 Å². The maximum atomic E-state index is 13.5. The second-order valence-corrected chi connectivity index (χ2v) is 8.79. The van der Waals surface area contributed by atoms with Crippen LogP contribution in [0.1, 0.15) is 43.9 Å². The molecule has 0 bridgehead atoms. The quantitative estimate of drug-likeness (QED) is 0.720. The van der Waals surface area contributed by atoms with Crippen molar-refractivity contribution in [3.63, 3.8) is 0 Å². The number of benzene rings is 2. The van der Waals surface area contributed by atoms with E-state index < -0.39 is 5.54 Å². The summed E-state index contributed by atoms with van der Waals surface area (Å²) in [7, 11) is 0. The van der Waals surface area contributed by atoms with E-state index in [1.807, 2.05) is 4.90 Å². The van der Waals surface area contributed by atoms with Crippen molar-refractivity contribution in [2.24, 2.45) is 0 Å². The van der Waals surface area contributed by atoms with Gasteiger partial charge in [-0.05, 0) is 68.2 Å². The summed E-state index contributed by atoms with van der Waals surface area (Å²) in [6, 6.07) is 12.9. The van der Waals surface area contributed by atoms with E-state index >= 15 is 0 Å². The second-order valence-electron chi connectivity index (χ2n) is 8.79. The highest BCUT2D eigenvalue weighted by molar-refractivity contribution is 5.86. The number of likely N-dealkylation sites (N-methyl/N-ethyl adjacent to an activating group) is 1. The summed E-state index contributed by atoms with van der Waals surface area (Å²) in [5.41, 5.74) is 1.53. The predicted octanol–water partition coefficient (Wildman–Crippen LogP) is 4.07. The van der Waals surface area contributed by atoms with Crippen LogP contribution in [0.2, 0.25) is 0 Å². The van der Waals surface area contributed by atoms with Crippen LogP contribution in [-0.2, 0) is 4.79 Å². The molecular formula is C25H31F2N3O. The highest BCUT2D eigenvalue weighted by Gasteiger charge is 2.45. The summed E-state index contributed by atoms with van der Waals surface area (Å²) in [6.07, 6.45) is 1.97. The van der Waals surface area contributed by atoms with Gasteiger partial charge in [0.15, 0.2) is 0 Å². The van der Waals surface area contributed by atoms with Crippen LogP contribution in [0.15, 0.2) is 48.5 Å². The third-order valence-corrected chi connectivity index (χ3v) is 6.97. The first-order valence-corrected chi connectivity index (χ1v) is 11.2. The smallest absolute Gasteiger partial charge is 0.242 e. The third-order valence-electron chi connectivity index (χ3n) is 6.97. The topological polar surface area (TPSA) is 26.8 Å². The van der Waals surface area contributed by atoms with Gasteiger partial charge in [-0.1, -0.05) is 31.2 Å². The average Bonchev–Trinajstić information content (AvgIpc) is 3.18. The van der Waals surface area contributed by atoms with Crippen molar-refractivity contribution in [2.45, 2.75) is 38.3 Å². The molecular weight excluding hydrogens is 396 g/mol. The van der Waals surface area contributed by atoms with Crippen LogP contribution < -0.4 is 0 Å². The molecule has 2 aliphatic heterocycles. The van der Waals surface area contributed by atoms with Gasteiger partial charge >= 0.3 is 0 Å². The first-order chi connectivity index (χ1) is 14.9. The van der Waals surface area contributed by atoms with E-state index in [4.69, 9.17) is 0 Å². The van der Waals surface area contributed by atoms with Crippen LogP contribution in [-0.4, -0.2) is 65.4 Å². The number of hydrogen-bond donors (Lipinski definition) is 0. The van der Waals surface area contributed by atoms with Gasteiger partial charge in [0.05, 0.1) is 11.6 Å². The third kappa shape index (κ3) is 4.37. The average molecular weight is 428 g/mol. The summed E-state index contributed by atoms with van der Waals surface area (Å²) >= 11 is 0. The molecule has 0 aliphatic carbocycles. The molecule has 2 heterocycles. The Bertz CT molecular complexity index is 848. The van der Waals surface area contributed by atoms with Crippen molar-refractivity contribution in [1.82, 2.24) is 14.7 Å². The van der Waals surface area contributed by atoms with Crippen molar-refractivity contribution in [3.05, 3.63) is 71.3 Å². The standard InChI is InChI=1S/C25H31F2N3O/c1-3-30-14-4-13-25(30,2)24(31)29-17-15-28(16-18-29)23(19-5-9-21(26)10-6-19)20-7-11-22(27)12-8-20/h5-12,23H,3-4,13-18H2,1-2H3/t25-/m1/s1. The predicted molar refractivity (Wildman–Crippen MR) is 118 cm³/mol. The Balaban J connectivity index is 1.52. The number of amides is 1. The van der Waals surface area contributed by atoms with E-state index in [-0.39, 0.29) is 23.6 Å². The molecule has 1 atom stereocenters. The SMILES string of the molecule is CCN1CCC[C@]1(C)C(=O)N1CCN(C(c2ccc(F)cc2)c2ccc(F)cc2)CC1. The molecule has 0 spiro atoms. The minimum Gasteiger partial charge on any atom is -0.339 e. The van der Waals surface area contributed by atoms with E-state index in [0.29, 0.717) is 26.2 Å². The van der Waals surface area contributed by atoms with Gasteiger partial charge in [0, 0.05) is 26.2 Å². The molecule has 0 radical (unpaired) electrons. The summed E-state index contributed by atoms with van der Waals surface area (Å²) in [6.45, 7) is 8.81. The first-order valence-electron chi connectivity index (χ1n) is 11.2. The Hall–Kier alpha value is -2.31. The molecule has 4 nitrogen and oxygen atoms in total. The van der Waals surface area contributed by atoms with Gasteiger partial charge in [0.2, 0.25) is 5.91 Å². The number of hydrogen-bond acceptors (Lipinski definition) is 3. The summed E-state index contributed by atoms with van der Waals surface area (Å²) in [5, 5.41) is 0. The lowest BCUT2D eigenvalue weighted by Crippen LogP contribution is -2.59. The zero-order chi connectivity index (χ0) is 22.0. The van der Waals surface area contributed by atoms with Crippen molar-refractivity contribution in [2.75, 3.05) is 39.3 Å². The van der Waals surface area contributed by atoms with Crippen molar-refractivity contribution < 1.29 is 13.6 Å². The Morgan fingerprint density at radius 1 is 0.903 bits per heavy atom. The van der Waals surface area contributed by atoms with Gasteiger partial charge in [0.25, 0.3) is 0 Å². The summed E-state index contributed by atoms with van der Waals surface area (Å²) < 4.78 is 27.0. The Morgan fingerprint density at radius 3 is 1.90 bits per heavy atom. The molecule has 6 heteroatoms. The minimum absolute atomic E-state index is 0.104. The Morgan fingerprint density at radius 2 is 1.42 bits per heavy atom. The maximum absolute atomic E-state index is 13.5. The molecule has 2 aliphatic rings. The van der Waals surface area contributed by atoms with Gasteiger partial charge in [-0.2, -0.15) is 0 Å². The fourth-order valence-electron chi connectivity index (χ4n) is 5.20. The largest absolute Gasteiger partial charge is 0.339 e. The van der Waals surface area contributed by atoms with Crippen molar-refractivity contribution in [3.8, 4) is 0 Å². The van der Waals surface area contributed by atoms with Crippen LogP contribution in [0.5, 0.6) is 0 Å². The van der Waals surface area contributed by atoms with E-state index in [1.165, 1.54) is 24.3 Å². The Labute approximate surface area is 183 Å². The maximum Gasteiger partial charge on any atom is 0.242 e. The number of halogens is 2. The number of carbonyl (C=O) groups is 1. The number of carbonyl (C=O) groups excluding carboxylic acids is 1. The molecule has 1 amide bonds. The molecule has 2 saturated heterocycles. The fraction of sp³-hybridized carbons (Fsp3) is 0.480. The summed E-state index contributed by atoms with van der Waals surface area (Å²) in [5.74, 6) is -0.323. The highest BCUT2D eigenvalue weighted by atomic mass is 19.1. The number of piperazine rings is 1. The highest BCUT2D eigenvalue weighted by Crippen LogP contribution is 2.33. The zero-order valence-electron chi connectivity index (χ0n) is 18.4. The van der Waals surface area contributed by atoms with Crippen LogP contribution >= 0.6 is 0 Å². The van der Waals surface area contributed by atoms with Crippen LogP contribution in [0, 0.1) is 11.6 Å². The lowest BCUT2D eigenvalue weighted by atomic mass is 9.94. The monoisotopic (exact) mass is 427 g/mol. The molecule has 2 aromatic rings. The molecule has 2 aromatic carbocycles. The van der Waals surface area contributed by atoms with E-state index in [9.17, 15) is 13.6 Å². The minimum atomic E-state index is -0.399. The molecule has 4 rings (SSSR count). The van der Waals surface area contributed by atoms with Crippen LogP contribution in [0.3, 0.4) is 0 Å². The van der Waals surface area contributed by atoms with Gasteiger partial charge in [0.1, 0.15) is 11.6 Å². The van der Waals surface area contributed by atoms with Crippen LogP contribution in [0.4, 0.5) is 8.78 Å². The lowest BCUT2D eigenvalue weighted by molar-refractivity contribution is -0.144. The van der Waals surface area contributed by atoms with E-state index in [2.05, 4.69) is 23.6 Å². The van der Waals surface area contributed by atoms with E-state index in [0.717, 1.165) is 37.1 Å². The van der Waals surface area contributed by atoms with Gasteiger partial charge in [-0.3, -0.25) is 14.6 Å². The van der Waals surface area contributed by atoms with Gasteiger partial charge in [-0.15, -0.1) is 0 Å². The molecule has 2 fully saturated rings. The second kappa shape index (κ2) is 9.05. The number of nitrogens with zero attached hydrogens (tertiary/aromatic N) is 3. The summed E-state index contributed by atoms with van der Waals surface area (Å²) in [4.78, 5) is 20.0. The molecule has 0 unspecified atom stereocenters. The van der Waals surface area contributed by atoms with Gasteiger partial charge in [-0.25, -0.2) is 8.78 Å². The molecule has 0 aromatic heterocycles. The van der Waals surface area contributed by atoms with E-state index in [1.54, 1.807) is 24.3 Å². The normalized spacial score (nSPS) is 22.9. The fourth-order valence-corrected chi connectivity index (χ4v) is 5.20. The molecule has 0 saturated carbocycles.